The molecule has 2 aliphatic rings. The normalized spacial score (nSPS) is 19.4. The fourth-order valence-corrected chi connectivity index (χ4v) is 3.05. The molecular formula is C16H23NO3. The van der Waals surface area contributed by atoms with Gasteiger partial charge in [0.25, 0.3) is 0 Å². The standard InChI is InChI=1S/C16H23NO3/c1-18-8-7-17-12-16(5-2-6-16)13-3-4-14-15(11-13)20-10-9-19-14/h3-4,11,17H,2,5-10,12H2,1H3. The number of methoxy groups -OCH3 is 1. The molecule has 0 spiro atoms. The van der Waals surface area contributed by atoms with Crippen molar-refractivity contribution in [2.45, 2.75) is 24.7 Å². The Morgan fingerprint density at radius 1 is 1.20 bits per heavy atom. The molecule has 3 rings (SSSR count). The molecular weight excluding hydrogens is 254 g/mol. The van der Waals surface area contributed by atoms with Gasteiger partial charge in [0.15, 0.2) is 11.5 Å². The summed E-state index contributed by atoms with van der Waals surface area (Å²) >= 11 is 0. The first-order valence-corrected chi connectivity index (χ1v) is 7.44. The van der Waals surface area contributed by atoms with Gasteiger partial charge in [-0.05, 0) is 30.5 Å². The van der Waals surface area contributed by atoms with Gasteiger partial charge >= 0.3 is 0 Å². The highest BCUT2D eigenvalue weighted by Gasteiger charge is 2.38. The van der Waals surface area contributed by atoms with Gasteiger partial charge in [0.1, 0.15) is 13.2 Å². The number of hydrogen-bond donors (Lipinski definition) is 1. The zero-order valence-electron chi connectivity index (χ0n) is 12.1. The topological polar surface area (TPSA) is 39.7 Å². The first kappa shape index (κ1) is 13.7. The maximum atomic E-state index is 5.71. The van der Waals surface area contributed by atoms with Crippen molar-refractivity contribution in [2.24, 2.45) is 0 Å². The molecule has 1 saturated carbocycles. The Morgan fingerprint density at radius 3 is 2.70 bits per heavy atom. The van der Waals surface area contributed by atoms with Crippen molar-refractivity contribution in [1.82, 2.24) is 5.32 Å². The summed E-state index contributed by atoms with van der Waals surface area (Å²) in [6, 6.07) is 6.43. The van der Waals surface area contributed by atoms with Gasteiger partial charge in [-0.2, -0.15) is 0 Å². The lowest BCUT2D eigenvalue weighted by atomic mass is 9.64. The van der Waals surface area contributed by atoms with E-state index >= 15 is 0 Å². The fraction of sp³-hybridized carbons (Fsp3) is 0.625. The van der Waals surface area contributed by atoms with Crippen molar-refractivity contribution in [2.75, 3.05) is 40.0 Å². The van der Waals surface area contributed by atoms with Gasteiger partial charge in [0.2, 0.25) is 0 Å². The van der Waals surface area contributed by atoms with Gasteiger partial charge in [-0.1, -0.05) is 12.5 Å². The van der Waals surface area contributed by atoms with Crippen molar-refractivity contribution in [3.63, 3.8) is 0 Å². The lowest BCUT2D eigenvalue weighted by Gasteiger charge is -2.43. The summed E-state index contributed by atoms with van der Waals surface area (Å²) in [4.78, 5) is 0. The number of nitrogens with one attached hydrogen (secondary N) is 1. The van der Waals surface area contributed by atoms with Gasteiger partial charge in [-0.15, -0.1) is 0 Å². The molecule has 0 amide bonds. The van der Waals surface area contributed by atoms with E-state index in [0.717, 1.165) is 31.2 Å². The molecule has 1 fully saturated rings. The Morgan fingerprint density at radius 2 is 2.00 bits per heavy atom. The summed E-state index contributed by atoms with van der Waals surface area (Å²) in [6.45, 7) is 3.97. The van der Waals surface area contributed by atoms with Crippen LogP contribution < -0.4 is 14.8 Å². The summed E-state index contributed by atoms with van der Waals surface area (Å²) in [5.74, 6) is 1.78. The first-order chi connectivity index (χ1) is 9.84. The molecule has 1 aromatic carbocycles. The van der Waals surface area contributed by atoms with E-state index in [2.05, 4.69) is 23.5 Å². The molecule has 0 radical (unpaired) electrons. The number of hydrogen-bond acceptors (Lipinski definition) is 4. The SMILES string of the molecule is COCCNCC1(c2ccc3c(c2)OCCO3)CCC1. The maximum absolute atomic E-state index is 5.71. The molecule has 1 aliphatic heterocycles. The van der Waals surface area contributed by atoms with Gasteiger partial charge in [-0.3, -0.25) is 0 Å². The van der Waals surface area contributed by atoms with Crippen molar-refractivity contribution >= 4 is 0 Å². The van der Waals surface area contributed by atoms with Crippen LogP contribution in [-0.4, -0.2) is 40.0 Å². The predicted molar refractivity (Wildman–Crippen MR) is 77.7 cm³/mol. The van der Waals surface area contributed by atoms with Crippen molar-refractivity contribution < 1.29 is 14.2 Å². The summed E-state index contributed by atoms with van der Waals surface area (Å²) in [5, 5.41) is 3.51. The van der Waals surface area contributed by atoms with Crippen LogP contribution in [0.1, 0.15) is 24.8 Å². The fourth-order valence-electron chi connectivity index (χ4n) is 3.05. The maximum Gasteiger partial charge on any atom is 0.161 e. The Labute approximate surface area is 120 Å². The highest BCUT2D eigenvalue weighted by molar-refractivity contribution is 5.46. The molecule has 0 bridgehead atoms. The minimum absolute atomic E-state index is 0.267. The average Bonchev–Trinajstić information content (AvgIpc) is 2.45. The minimum Gasteiger partial charge on any atom is -0.486 e. The Kier molecular flexibility index (Phi) is 4.13. The predicted octanol–water partition coefficient (Wildman–Crippen LogP) is 2.12. The molecule has 20 heavy (non-hydrogen) atoms. The second-order valence-electron chi connectivity index (χ2n) is 5.66. The lowest BCUT2D eigenvalue weighted by Crippen LogP contribution is -2.44. The third-order valence-electron chi connectivity index (χ3n) is 4.41. The summed E-state index contributed by atoms with van der Waals surface area (Å²) in [5.41, 5.74) is 1.64. The molecule has 0 atom stereocenters. The van der Waals surface area contributed by atoms with E-state index in [1.165, 1.54) is 24.8 Å². The van der Waals surface area contributed by atoms with Crippen LogP contribution in [0.4, 0.5) is 0 Å². The zero-order chi connectivity index (χ0) is 13.8. The molecule has 1 N–H and O–H groups in total. The van der Waals surface area contributed by atoms with Crippen LogP contribution in [-0.2, 0) is 10.2 Å². The van der Waals surface area contributed by atoms with Crippen LogP contribution in [0.2, 0.25) is 0 Å². The van der Waals surface area contributed by atoms with E-state index in [4.69, 9.17) is 14.2 Å². The molecule has 0 saturated heterocycles. The lowest BCUT2D eigenvalue weighted by molar-refractivity contribution is 0.168. The van der Waals surface area contributed by atoms with E-state index in [-0.39, 0.29) is 5.41 Å². The number of benzene rings is 1. The third-order valence-corrected chi connectivity index (χ3v) is 4.41. The average molecular weight is 277 g/mol. The molecule has 4 nitrogen and oxygen atoms in total. The second-order valence-corrected chi connectivity index (χ2v) is 5.66. The summed E-state index contributed by atoms with van der Waals surface area (Å²) in [7, 11) is 1.74. The highest BCUT2D eigenvalue weighted by Crippen LogP contribution is 2.45. The van der Waals surface area contributed by atoms with E-state index < -0.39 is 0 Å². The minimum atomic E-state index is 0.267. The Balaban J connectivity index is 1.72. The molecule has 1 aromatic rings. The van der Waals surface area contributed by atoms with Crippen molar-refractivity contribution in [3.05, 3.63) is 23.8 Å². The van der Waals surface area contributed by atoms with Crippen LogP contribution in [0.5, 0.6) is 11.5 Å². The van der Waals surface area contributed by atoms with E-state index in [1.807, 2.05) is 0 Å². The van der Waals surface area contributed by atoms with Gasteiger partial charge < -0.3 is 19.5 Å². The van der Waals surface area contributed by atoms with E-state index in [1.54, 1.807) is 7.11 Å². The van der Waals surface area contributed by atoms with E-state index in [9.17, 15) is 0 Å². The highest BCUT2D eigenvalue weighted by atomic mass is 16.6. The van der Waals surface area contributed by atoms with Gasteiger partial charge in [-0.25, -0.2) is 0 Å². The largest absolute Gasteiger partial charge is 0.486 e. The number of rotatable bonds is 6. The van der Waals surface area contributed by atoms with Gasteiger partial charge in [0.05, 0.1) is 6.61 Å². The monoisotopic (exact) mass is 277 g/mol. The Bertz CT molecular complexity index is 457. The molecule has 110 valence electrons. The Hall–Kier alpha value is -1.26. The second kappa shape index (κ2) is 6.02. The van der Waals surface area contributed by atoms with Crippen LogP contribution in [0, 0.1) is 0 Å². The van der Waals surface area contributed by atoms with E-state index in [0.29, 0.717) is 13.2 Å². The van der Waals surface area contributed by atoms with Crippen molar-refractivity contribution in [3.8, 4) is 11.5 Å². The zero-order valence-corrected chi connectivity index (χ0v) is 12.1. The smallest absolute Gasteiger partial charge is 0.161 e. The number of fused-ring (bicyclic) bond motifs is 1. The number of ether oxygens (including phenoxy) is 3. The van der Waals surface area contributed by atoms with Gasteiger partial charge in [0, 0.05) is 25.6 Å². The first-order valence-electron chi connectivity index (χ1n) is 7.44. The van der Waals surface area contributed by atoms with Crippen LogP contribution >= 0.6 is 0 Å². The summed E-state index contributed by atoms with van der Waals surface area (Å²) in [6.07, 6.45) is 3.79. The van der Waals surface area contributed by atoms with Crippen LogP contribution in [0.15, 0.2) is 18.2 Å². The van der Waals surface area contributed by atoms with Crippen molar-refractivity contribution in [1.29, 1.82) is 0 Å². The molecule has 1 heterocycles. The molecule has 4 heteroatoms. The van der Waals surface area contributed by atoms with Crippen LogP contribution in [0.25, 0.3) is 0 Å². The molecule has 0 unspecified atom stereocenters. The van der Waals surface area contributed by atoms with Crippen LogP contribution in [0.3, 0.4) is 0 Å². The molecule has 0 aromatic heterocycles. The molecule has 1 aliphatic carbocycles. The summed E-state index contributed by atoms with van der Waals surface area (Å²) < 4.78 is 16.4. The quantitative estimate of drug-likeness (QED) is 0.809. The third kappa shape index (κ3) is 2.63.